The minimum Gasteiger partial charge on any atom is -0.298 e. The molecule has 1 aromatic carbocycles. The van der Waals surface area contributed by atoms with Crippen molar-refractivity contribution in [2.45, 2.75) is 24.9 Å². The van der Waals surface area contributed by atoms with Gasteiger partial charge in [-0.25, -0.2) is 4.68 Å². The number of benzene rings is 1. The smallest absolute Gasteiger partial charge is 0.298 e. The molecule has 0 spiro atoms. The highest BCUT2D eigenvalue weighted by Crippen LogP contribution is 2.29. The molecule has 142 valence electrons. The summed E-state index contributed by atoms with van der Waals surface area (Å²) in [5.74, 6) is -1.60. The Hall–Kier alpha value is -3.47. The van der Waals surface area contributed by atoms with Gasteiger partial charge in [0.2, 0.25) is 0 Å². The summed E-state index contributed by atoms with van der Waals surface area (Å²) in [6.07, 6.45) is -0.0300. The van der Waals surface area contributed by atoms with Gasteiger partial charge < -0.3 is 0 Å². The van der Waals surface area contributed by atoms with E-state index in [9.17, 15) is 23.2 Å². The summed E-state index contributed by atoms with van der Waals surface area (Å²) in [5.41, 5.74) is 0.785. The molecule has 0 saturated carbocycles. The quantitative estimate of drug-likeness (QED) is 0.642. The van der Waals surface area contributed by atoms with Crippen molar-refractivity contribution in [1.82, 2.24) is 14.8 Å². The van der Waals surface area contributed by atoms with E-state index in [2.05, 4.69) is 10.1 Å². The van der Waals surface area contributed by atoms with Gasteiger partial charge in [0.05, 0.1) is 29.2 Å². The number of ketones is 1. The fraction of sp³-hybridized carbons (Fsp3) is 0.200. The maximum Gasteiger partial charge on any atom is 0.417 e. The van der Waals surface area contributed by atoms with Crippen LogP contribution in [0.25, 0.3) is 5.69 Å². The second-order valence-corrected chi connectivity index (χ2v) is 6.13. The fourth-order valence-electron chi connectivity index (χ4n) is 2.67. The first kappa shape index (κ1) is 19.3. The predicted octanol–water partition coefficient (Wildman–Crippen LogP) is 4.10. The Bertz CT molecular complexity index is 989. The van der Waals surface area contributed by atoms with Crippen LogP contribution >= 0.6 is 0 Å². The topological polar surface area (TPSA) is 71.6 Å². The number of pyridine rings is 1. The molecule has 8 heteroatoms. The lowest BCUT2D eigenvalue weighted by Gasteiger charge is -2.10. The number of aromatic nitrogens is 3. The number of aryl methyl sites for hydroxylation is 1. The molecule has 1 unspecified atom stereocenters. The minimum absolute atomic E-state index is 0.0143. The van der Waals surface area contributed by atoms with Crippen LogP contribution in [0.1, 0.15) is 29.2 Å². The van der Waals surface area contributed by atoms with E-state index in [1.165, 1.54) is 0 Å². The van der Waals surface area contributed by atoms with Crippen LogP contribution in [0.3, 0.4) is 0 Å². The largest absolute Gasteiger partial charge is 0.417 e. The number of Topliss-reactive ketones (excluding diaryl/α,β-unsaturated/α-hetero) is 1. The van der Waals surface area contributed by atoms with Gasteiger partial charge in [0.1, 0.15) is 5.92 Å². The van der Waals surface area contributed by atoms with Crippen LogP contribution in [0, 0.1) is 11.3 Å². The number of nitriles is 1. The highest BCUT2D eigenvalue weighted by Gasteiger charge is 2.31. The van der Waals surface area contributed by atoms with Crippen molar-refractivity contribution in [3.8, 4) is 11.8 Å². The summed E-state index contributed by atoms with van der Waals surface area (Å²) in [6, 6.07) is 13.2. The van der Waals surface area contributed by atoms with Crippen molar-refractivity contribution in [2.75, 3.05) is 0 Å². The molecule has 0 aliphatic carbocycles. The van der Waals surface area contributed by atoms with E-state index in [0.717, 1.165) is 23.4 Å². The first-order valence-electron chi connectivity index (χ1n) is 8.43. The van der Waals surface area contributed by atoms with Crippen LogP contribution in [-0.4, -0.2) is 20.5 Å². The minimum atomic E-state index is -4.52. The third-order valence-corrected chi connectivity index (χ3v) is 4.18. The normalized spacial score (nSPS) is 12.4. The van der Waals surface area contributed by atoms with Crippen molar-refractivity contribution in [3.63, 3.8) is 0 Å². The molecule has 3 rings (SSSR count). The number of carbonyl (C=O) groups is 1. The van der Waals surface area contributed by atoms with Gasteiger partial charge in [-0.1, -0.05) is 18.2 Å². The Morgan fingerprint density at radius 1 is 1.14 bits per heavy atom. The Balaban J connectivity index is 1.65. The molecule has 0 bridgehead atoms. The molecule has 28 heavy (non-hydrogen) atoms. The predicted molar refractivity (Wildman–Crippen MR) is 94.5 cm³/mol. The van der Waals surface area contributed by atoms with Crippen molar-refractivity contribution in [1.29, 1.82) is 5.26 Å². The Morgan fingerprint density at radius 3 is 2.50 bits per heavy atom. The highest BCUT2D eigenvalue weighted by atomic mass is 19.4. The number of hydrogen-bond acceptors (Lipinski definition) is 4. The molecule has 0 aliphatic rings. The van der Waals surface area contributed by atoms with Crippen molar-refractivity contribution < 1.29 is 18.0 Å². The van der Waals surface area contributed by atoms with Crippen molar-refractivity contribution >= 4 is 5.78 Å². The lowest BCUT2D eigenvalue weighted by Crippen LogP contribution is -2.14. The number of hydrogen-bond donors (Lipinski definition) is 0. The van der Waals surface area contributed by atoms with Gasteiger partial charge in [-0.3, -0.25) is 9.78 Å². The van der Waals surface area contributed by atoms with Gasteiger partial charge >= 0.3 is 6.18 Å². The van der Waals surface area contributed by atoms with E-state index in [0.29, 0.717) is 12.6 Å². The van der Waals surface area contributed by atoms with Gasteiger partial charge in [0, 0.05) is 18.8 Å². The molecule has 2 aromatic heterocycles. The molecule has 0 N–H and O–H groups in total. The van der Waals surface area contributed by atoms with Gasteiger partial charge in [-0.2, -0.15) is 23.5 Å². The van der Waals surface area contributed by atoms with Crippen LogP contribution in [-0.2, 0) is 17.4 Å². The number of nitrogens with zero attached hydrogens (tertiary/aromatic N) is 4. The van der Waals surface area contributed by atoms with Crippen LogP contribution < -0.4 is 0 Å². The first-order valence-corrected chi connectivity index (χ1v) is 8.43. The molecule has 5 nitrogen and oxygen atoms in total. The van der Waals surface area contributed by atoms with E-state index < -0.39 is 23.4 Å². The standard InChI is InChI=1S/C20H15F3N4O/c21-20(22,23)15-7-8-18(25-12-15)17(10-24)19(28)9-6-14-11-26-27(13-14)16-4-2-1-3-5-16/h1-5,7-8,11-13,17H,6,9H2. The average molecular weight is 384 g/mol. The number of para-hydroxylation sites is 1. The summed E-state index contributed by atoms with van der Waals surface area (Å²) in [4.78, 5) is 16.1. The highest BCUT2D eigenvalue weighted by molar-refractivity contribution is 5.88. The summed E-state index contributed by atoms with van der Waals surface area (Å²) < 4.78 is 39.5. The van der Waals surface area contributed by atoms with Crippen LogP contribution in [0.5, 0.6) is 0 Å². The van der Waals surface area contributed by atoms with Crippen LogP contribution in [0.2, 0.25) is 0 Å². The Kier molecular flexibility index (Phi) is 5.54. The second kappa shape index (κ2) is 8.05. The zero-order valence-corrected chi connectivity index (χ0v) is 14.6. The fourth-order valence-corrected chi connectivity index (χ4v) is 2.67. The number of carbonyl (C=O) groups excluding carboxylic acids is 1. The van der Waals surface area contributed by atoms with E-state index >= 15 is 0 Å². The summed E-state index contributed by atoms with van der Waals surface area (Å²) in [6.45, 7) is 0. The van der Waals surface area contributed by atoms with Crippen molar-refractivity contribution in [3.05, 3.63) is 77.9 Å². The molecule has 0 radical (unpaired) electrons. The third-order valence-electron chi connectivity index (χ3n) is 4.18. The van der Waals surface area contributed by atoms with Crippen molar-refractivity contribution in [2.24, 2.45) is 0 Å². The SMILES string of the molecule is N#CC(C(=O)CCc1cnn(-c2ccccc2)c1)c1ccc(C(F)(F)F)cn1. The summed E-state index contributed by atoms with van der Waals surface area (Å²) >= 11 is 0. The summed E-state index contributed by atoms with van der Waals surface area (Å²) in [7, 11) is 0. The van der Waals surface area contributed by atoms with Gasteiger partial charge in [-0.05, 0) is 36.2 Å². The lowest BCUT2D eigenvalue weighted by molar-refractivity contribution is -0.137. The molecule has 1 atom stereocenters. The number of rotatable bonds is 6. The molecule has 3 aromatic rings. The van der Waals surface area contributed by atoms with E-state index in [-0.39, 0.29) is 12.1 Å². The maximum absolute atomic E-state index is 12.6. The number of halogens is 3. The molecule has 0 aliphatic heterocycles. The first-order chi connectivity index (χ1) is 13.4. The average Bonchev–Trinajstić information content (AvgIpc) is 3.16. The third kappa shape index (κ3) is 4.43. The Labute approximate surface area is 159 Å². The lowest BCUT2D eigenvalue weighted by atomic mass is 9.96. The van der Waals surface area contributed by atoms with E-state index in [1.807, 2.05) is 36.4 Å². The monoisotopic (exact) mass is 384 g/mol. The molecule has 2 heterocycles. The number of alkyl halides is 3. The molecule has 0 saturated heterocycles. The maximum atomic E-state index is 12.6. The zero-order valence-electron chi connectivity index (χ0n) is 14.6. The summed E-state index contributed by atoms with van der Waals surface area (Å²) in [5, 5.41) is 13.5. The second-order valence-electron chi connectivity index (χ2n) is 6.13. The van der Waals surface area contributed by atoms with E-state index in [1.54, 1.807) is 17.1 Å². The molecule has 0 amide bonds. The van der Waals surface area contributed by atoms with Crippen LogP contribution in [0.4, 0.5) is 13.2 Å². The van der Waals surface area contributed by atoms with Crippen LogP contribution in [0.15, 0.2) is 61.1 Å². The van der Waals surface area contributed by atoms with Gasteiger partial charge in [0.25, 0.3) is 0 Å². The van der Waals surface area contributed by atoms with Gasteiger partial charge in [-0.15, -0.1) is 0 Å². The molecular weight excluding hydrogens is 369 g/mol. The van der Waals surface area contributed by atoms with Gasteiger partial charge in [0.15, 0.2) is 5.78 Å². The Morgan fingerprint density at radius 2 is 1.89 bits per heavy atom. The zero-order chi connectivity index (χ0) is 20.1. The van der Waals surface area contributed by atoms with E-state index in [4.69, 9.17) is 0 Å². The molecule has 0 fully saturated rings. The molecular formula is C20H15F3N4O.